The molecule has 0 amide bonds. The first-order valence-corrected chi connectivity index (χ1v) is 6.50. The lowest BCUT2D eigenvalue weighted by Crippen LogP contribution is -2.38. The van der Waals surface area contributed by atoms with Crippen molar-refractivity contribution in [3.8, 4) is 0 Å². The molecule has 3 N–H and O–H groups in total. The number of aliphatic hydroxyl groups is 1. The van der Waals surface area contributed by atoms with Crippen molar-refractivity contribution in [2.24, 2.45) is 5.92 Å². The van der Waals surface area contributed by atoms with E-state index in [1.54, 1.807) is 0 Å². The Balaban J connectivity index is 1.83. The largest absolute Gasteiger partial charge is 0.394 e. The van der Waals surface area contributed by atoms with E-state index >= 15 is 0 Å². The summed E-state index contributed by atoms with van der Waals surface area (Å²) in [5.41, 5.74) is 1.17. The topological polar surface area (TPSA) is 44.3 Å². The first-order chi connectivity index (χ1) is 8.40. The minimum Gasteiger partial charge on any atom is -0.394 e. The summed E-state index contributed by atoms with van der Waals surface area (Å²) in [5.74, 6) is 0.696. The van der Waals surface area contributed by atoms with Gasteiger partial charge in [-0.05, 0) is 44.0 Å². The van der Waals surface area contributed by atoms with Crippen LogP contribution >= 0.6 is 0 Å². The summed E-state index contributed by atoms with van der Waals surface area (Å²) in [5, 5.41) is 16.3. The molecule has 0 radical (unpaired) electrons. The van der Waals surface area contributed by atoms with Crippen LogP contribution in [0.3, 0.4) is 0 Å². The monoisotopic (exact) mass is 234 g/mol. The summed E-state index contributed by atoms with van der Waals surface area (Å²) in [4.78, 5) is 0. The van der Waals surface area contributed by atoms with Crippen molar-refractivity contribution in [1.82, 2.24) is 10.6 Å². The van der Waals surface area contributed by atoms with Gasteiger partial charge in [0.25, 0.3) is 0 Å². The molecule has 2 rings (SSSR count). The van der Waals surface area contributed by atoms with Crippen LogP contribution in [0, 0.1) is 5.92 Å². The van der Waals surface area contributed by atoms with Gasteiger partial charge in [0.15, 0.2) is 0 Å². The number of hydrogen-bond acceptors (Lipinski definition) is 3. The number of piperidine rings is 1. The van der Waals surface area contributed by atoms with E-state index < -0.39 is 0 Å². The normalized spacial score (nSPS) is 22.3. The number of nitrogens with one attached hydrogen (secondary N) is 2. The molecule has 0 aliphatic carbocycles. The molecule has 1 aliphatic rings. The first kappa shape index (κ1) is 12.6. The third-order valence-corrected chi connectivity index (χ3v) is 3.44. The fourth-order valence-electron chi connectivity index (χ4n) is 2.38. The van der Waals surface area contributed by atoms with Crippen molar-refractivity contribution in [1.29, 1.82) is 0 Å². The third-order valence-electron chi connectivity index (χ3n) is 3.44. The Hall–Kier alpha value is -0.900. The van der Waals surface area contributed by atoms with Gasteiger partial charge in [-0.25, -0.2) is 0 Å². The van der Waals surface area contributed by atoms with Gasteiger partial charge in [-0.2, -0.15) is 0 Å². The summed E-state index contributed by atoms with van der Waals surface area (Å²) < 4.78 is 0. The summed E-state index contributed by atoms with van der Waals surface area (Å²) in [6, 6.07) is 10.2. The van der Waals surface area contributed by atoms with Gasteiger partial charge in [0, 0.05) is 0 Å². The van der Waals surface area contributed by atoms with Crippen LogP contribution in [0.4, 0.5) is 0 Å². The molecule has 1 aromatic rings. The number of hydrogen-bond donors (Lipinski definition) is 3. The Kier molecular flexibility index (Phi) is 4.98. The third kappa shape index (κ3) is 3.80. The highest BCUT2D eigenvalue weighted by molar-refractivity contribution is 5.18. The Morgan fingerprint density at radius 2 is 2.18 bits per heavy atom. The highest BCUT2D eigenvalue weighted by Gasteiger charge is 2.15. The maximum absolute atomic E-state index is 9.43. The molecule has 0 saturated carbocycles. The van der Waals surface area contributed by atoms with Crippen LogP contribution < -0.4 is 10.6 Å². The van der Waals surface area contributed by atoms with Crippen molar-refractivity contribution in [3.05, 3.63) is 35.9 Å². The van der Waals surface area contributed by atoms with Gasteiger partial charge in [-0.15, -0.1) is 0 Å². The summed E-state index contributed by atoms with van der Waals surface area (Å²) in [7, 11) is 0. The van der Waals surface area contributed by atoms with E-state index in [-0.39, 0.29) is 12.6 Å². The van der Waals surface area contributed by atoms with Crippen molar-refractivity contribution in [3.63, 3.8) is 0 Å². The average Bonchev–Trinajstić information content (AvgIpc) is 2.42. The molecule has 0 spiro atoms. The predicted molar refractivity (Wildman–Crippen MR) is 69.9 cm³/mol. The molecule has 1 fully saturated rings. The highest BCUT2D eigenvalue weighted by Crippen LogP contribution is 2.14. The molecule has 3 heteroatoms. The second-order valence-electron chi connectivity index (χ2n) is 4.77. The maximum atomic E-state index is 9.43. The van der Waals surface area contributed by atoms with Crippen LogP contribution in [-0.2, 0) is 0 Å². The van der Waals surface area contributed by atoms with E-state index in [0.29, 0.717) is 5.92 Å². The van der Waals surface area contributed by atoms with Crippen LogP contribution in [0.2, 0.25) is 0 Å². The minimum absolute atomic E-state index is 0.0677. The quantitative estimate of drug-likeness (QED) is 0.720. The van der Waals surface area contributed by atoms with Crippen molar-refractivity contribution < 1.29 is 5.11 Å². The molecular formula is C14H22N2O. The zero-order valence-corrected chi connectivity index (χ0v) is 10.2. The second-order valence-corrected chi connectivity index (χ2v) is 4.77. The highest BCUT2D eigenvalue weighted by atomic mass is 16.3. The summed E-state index contributed by atoms with van der Waals surface area (Å²) in [6.45, 7) is 3.38. The molecule has 0 bridgehead atoms. The minimum atomic E-state index is 0.0677. The van der Waals surface area contributed by atoms with Gasteiger partial charge in [0.2, 0.25) is 0 Å². The van der Waals surface area contributed by atoms with E-state index in [1.807, 2.05) is 18.2 Å². The SMILES string of the molecule is OC[C@H](NCC1CCCNC1)c1ccccc1. The average molecular weight is 234 g/mol. The smallest absolute Gasteiger partial charge is 0.0626 e. The molecule has 1 unspecified atom stereocenters. The number of rotatable bonds is 5. The Morgan fingerprint density at radius 3 is 2.82 bits per heavy atom. The molecule has 1 saturated heterocycles. The van der Waals surface area contributed by atoms with Gasteiger partial charge >= 0.3 is 0 Å². The zero-order chi connectivity index (χ0) is 11.9. The molecular weight excluding hydrogens is 212 g/mol. The summed E-state index contributed by atoms with van der Waals surface area (Å²) >= 11 is 0. The number of benzene rings is 1. The van der Waals surface area contributed by atoms with E-state index in [9.17, 15) is 5.11 Å². The lowest BCUT2D eigenvalue weighted by atomic mass is 9.98. The van der Waals surface area contributed by atoms with E-state index in [0.717, 1.165) is 19.6 Å². The fourth-order valence-corrected chi connectivity index (χ4v) is 2.38. The first-order valence-electron chi connectivity index (χ1n) is 6.50. The van der Waals surface area contributed by atoms with E-state index in [2.05, 4.69) is 22.8 Å². The van der Waals surface area contributed by atoms with Gasteiger partial charge in [-0.1, -0.05) is 30.3 Å². The predicted octanol–water partition coefficient (Wildman–Crippen LogP) is 1.31. The number of aliphatic hydroxyl groups excluding tert-OH is 1. The Bertz CT molecular complexity index is 309. The molecule has 2 atom stereocenters. The second kappa shape index (κ2) is 6.74. The molecule has 1 aliphatic heterocycles. The molecule has 94 valence electrons. The van der Waals surface area contributed by atoms with Crippen molar-refractivity contribution in [2.45, 2.75) is 18.9 Å². The molecule has 1 heterocycles. The van der Waals surface area contributed by atoms with E-state index in [1.165, 1.54) is 18.4 Å². The molecule has 17 heavy (non-hydrogen) atoms. The van der Waals surface area contributed by atoms with Crippen LogP contribution in [0.1, 0.15) is 24.4 Å². The standard InChI is InChI=1S/C14H22N2O/c17-11-14(13-6-2-1-3-7-13)16-10-12-5-4-8-15-9-12/h1-3,6-7,12,14-17H,4-5,8-11H2/t12?,14-/m0/s1. The van der Waals surface area contributed by atoms with E-state index in [4.69, 9.17) is 0 Å². The van der Waals surface area contributed by atoms with Crippen LogP contribution in [-0.4, -0.2) is 31.3 Å². The maximum Gasteiger partial charge on any atom is 0.0626 e. The zero-order valence-electron chi connectivity index (χ0n) is 10.2. The Morgan fingerprint density at radius 1 is 1.35 bits per heavy atom. The van der Waals surface area contributed by atoms with Gasteiger partial charge in [0.05, 0.1) is 12.6 Å². The molecule has 3 nitrogen and oxygen atoms in total. The lowest BCUT2D eigenvalue weighted by Gasteiger charge is -2.25. The molecule has 0 aromatic heterocycles. The molecule has 1 aromatic carbocycles. The fraction of sp³-hybridized carbons (Fsp3) is 0.571. The van der Waals surface area contributed by atoms with Crippen molar-refractivity contribution in [2.75, 3.05) is 26.2 Å². The van der Waals surface area contributed by atoms with Crippen LogP contribution in [0.15, 0.2) is 30.3 Å². The van der Waals surface area contributed by atoms with Gasteiger partial charge in [0.1, 0.15) is 0 Å². The van der Waals surface area contributed by atoms with Crippen LogP contribution in [0.5, 0.6) is 0 Å². The summed E-state index contributed by atoms with van der Waals surface area (Å²) in [6.07, 6.45) is 2.55. The van der Waals surface area contributed by atoms with Gasteiger partial charge < -0.3 is 15.7 Å². The van der Waals surface area contributed by atoms with Crippen molar-refractivity contribution >= 4 is 0 Å². The Labute approximate surface area is 103 Å². The van der Waals surface area contributed by atoms with Gasteiger partial charge in [-0.3, -0.25) is 0 Å². The lowest BCUT2D eigenvalue weighted by molar-refractivity contribution is 0.233. The van der Waals surface area contributed by atoms with Crippen LogP contribution in [0.25, 0.3) is 0 Å².